The molecule has 0 aliphatic carbocycles. The van der Waals surface area contributed by atoms with E-state index in [1.165, 1.54) is 0 Å². The van der Waals surface area contributed by atoms with Gasteiger partial charge in [-0.1, -0.05) is 0 Å². The van der Waals surface area contributed by atoms with Gasteiger partial charge in [0.1, 0.15) is 0 Å². The highest BCUT2D eigenvalue weighted by Crippen LogP contribution is 2.22. The van der Waals surface area contributed by atoms with Crippen LogP contribution >= 0.6 is 11.3 Å². The van der Waals surface area contributed by atoms with E-state index in [2.05, 4.69) is 10.3 Å². The van der Waals surface area contributed by atoms with Gasteiger partial charge < -0.3 is 5.32 Å². The molecule has 0 bridgehead atoms. The maximum absolute atomic E-state index is 10.8. The average Bonchev–Trinajstić information content (AvgIpc) is 2.55. The monoisotopic (exact) mass is 168 g/mol. The highest BCUT2D eigenvalue weighted by Gasteiger charge is 2.23. The van der Waals surface area contributed by atoms with Crippen LogP contribution in [0.4, 0.5) is 0 Å². The minimum absolute atomic E-state index is 0.142. The number of nitrogens with zero attached hydrogens (tertiary/aromatic N) is 1. The second-order valence-corrected chi connectivity index (χ2v) is 3.29. The molecule has 3 nitrogen and oxygen atoms in total. The van der Waals surface area contributed by atoms with E-state index in [-0.39, 0.29) is 11.9 Å². The van der Waals surface area contributed by atoms with Crippen molar-refractivity contribution in [2.24, 2.45) is 0 Å². The predicted molar refractivity (Wildman–Crippen MR) is 42.2 cm³/mol. The SMILES string of the molecule is O=C1CCC(c2cscn2)N1. The van der Waals surface area contributed by atoms with E-state index >= 15 is 0 Å². The zero-order valence-electron chi connectivity index (χ0n) is 5.91. The van der Waals surface area contributed by atoms with Crippen LogP contribution in [-0.4, -0.2) is 10.9 Å². The third kappa shape index (κ3) is 1.26. The maximum Gasteiger partial charge on any atom is 0.220 e. The lowest BCUT2D eigenvalue weighted by molar-refractivity contribution is -0.119. The first-order valence-electron chi connectivity index (χ1n) is 3.54. The Kier molecular flexibility index (Phi) is 1.62. The number of carbonyl (C=O) groups is 1. The molecule has 1 N–H and O–H groups in total. The lowest BCUT2D eigenvalue weighted by atomic mass is 10.2. The molecule has 1 aliphatic heterocycles. The zero-order chi connectivity index (χ0) is 7.68. The van der Waals surface area contributed by atoms with Crippen molar-refractivity contribution in [1.82, 2.24) is 10.3 Å². The highest BCUT2D eigenvalue weighted by molar-refractivity contribution is 7.07. The largest absolute Gasteiger partial charge is 0.348 e. The van der Waals surface area contributed by atoms with Gasteiger partial charge in [-0.15, -0.1) is 11.3 Å². The van der Waals surface area contributed by atoms with E-state index in [4.69, 9.17) is 0 Å². The second-order valence-electron chi connectivity index (χ2n) is 2.57. The fourth-order valence-electron chi connectivity index (χ4n) is 1.23. The molecule has 2 heterocycles. The van der Waals surface area contributed by atoms with Gasteiger partial charge in [0.25, 0.3) is 0 Å². The molecule has 1 aromatic rings. The van der Waals surface area contributed by atoms with E-state index in [9.17, 15) is 4.79 Å². The fraction of sp³-hybridized carbons (Fsp3) is 0.429. The van der Waals surface area contributed by atoms with Gasteiger partial charge in [-0.25, -0.2) is 4.98 Å². The number of thiazole rings is 1. The van der Waals surface area contributed by atoms with Crippen LogP contribution in [0, 0.1) is 0 Å². The second kappa shape index (κ2) is 2.62. The fourth-order valence-corrected chi connectivity index (χ4v) is 1.84. The summed E-state index contributed by atoms with van der Waals surface area (Å²) in [5.74, 6) is 0.142. The van der Waals surface area contributed by atoms with Crippen molar-refractivity contribution in [1.29, 1.82) is 0 Å². The Balaban J connectivity index is 2.13. The van der Waals surface area contributed by atoms with Crippen LogP contribution in [-0.2, 0) is 4.79 Å². The molecule has 1 amide bonds. The van der Waals surface area contributed by atoms with E-state index in [0.29, 0.717) is 6.42 Å². The Morgan fingerprint density at radius 2 is 2.64 bits per heavy atom. The molecule has 4 heteroatoms. The van der Waals surface area contributed by atoms with Crippen molar-refractivity contribution in [2.75, 3.05) is 0 Å². The normalized spacial score (nSPS) is 23.6. The molecule has 1 saturated heterocycles. The van der Waals surface area contributed by atoms with Crippen molar-refractivity contribution < 1.29 is 4.79 Å². The Bertz CT molecular complexity index is 257. The summed E-state index contributed by atoms with van der Waals surface area (Å²) >= 11 is 1.57. The van der Waals surface area contributed by atoms with Crippen molar-refractivity contribution in [3.63, 3.8) is 0 Å². The minimum Gasteiger partial charge on any atom is -0.348 e. The Morgan fingerprint density at radius 1 is 1.73 bits per heavy atom. The lowest BCUT2D eigenvalue weighted by Crippen LogP contribution is -2.18. The summed E-state index contributed by atoms with van der Waals surface area (Å²) in [6.07, 6.45) is 1.53. The molecule has 0 saturated carbocycles. The quantitative estimate of drug-likeness (QED) is 0.682. The van der Waals surface area contributed by atoms with Gasteiger partial charge in [0.05, 0.1) is 17.2 Å². The zero-order valence-corrected chi connectivity index (χ0v) is 6.73. The van der Waals surface area contributed by atoms with Gasteiger partial charge >= 0.3 is 0 Å². The third-order valence-electron chi connectivity index (χ3n) is 1.80. The first-order chi connectivity index (χ1) is 5.36. The predicted octanol–water partition coefficient (Wildman–Crippen LogP) is 1.09. The van der Waals surface area contributed by atoms with Gasteiger partial charge in [0.2, 0.25) is 5.91 Å². The summed E-state index contributed by atoms with van der Waals surface area (Å²) in [4.78, 5) is 14.9. The molecule has 1 aromatic heterocycles. The van der Waals surface area contributed by atoms with Crippen molar-refractivity contribution >= 4 is 17.2 Å². The molecule has 58 valence electrons. The number of hydrogen-bond acceptors (Lipinski definition) is 3. The molecule has 0 aromatic carbocycles. The smallest absolute Gasteiger partial charge is 0.220 e. The Labute approximate surface area is 68.5 Å². The molecule has 1 fully saturated rings. The van der Waals surface area contributed by atoms with Crippen LogP contribution in [0.2, 0.25) is 0 Å². The summed E-state index contributed by atoms with van der Waals surface area (Å²) in [6.45, 7) is 0. The standard InChI is InChI=1S/C7H8N2OS/c10-7-2-1-5(9-7)6-3-11-4-8-6/h3-5H,1-2H2,(H,9,10). The van der Waals surface area contributed by atoms with Gasteiger partial charge in [-0.2, -0.15) is 0 Å². The summed E-state index contributed by atoms with van der Waals surface area (Å²) < 4.78 is 0. The van der Waals surface area contributed by atoms with E-state index in [1.807, 2.05) is 5.38 Å². The van der Waals surface area contributed by atoms with Crippen LogP contribution in [0.15, 0.2) is 10.9 Å². The van der Waals surface area contributed by atoms with Crippen LogP contribution in [0.1, 0.15) is 24.6 Å². The molecule has 11 heavy (non-hydrogen) atoms. The van der Waals surface area contributed by atoms with E-state index in [1.54, 1.807) is 16.8 Å². The highest BCUT2D eigenvalue weighted by atomic mass is 32.1. The number of nitrogens with one attached hydrogen (secondary N) is 1. The number of aromatic nitrogens is 1. The van der Waals surface area contributed by atoms with Crippen LogP contribution in [0.25, 0.3) is 0 Å². The number of rotatable bonds is 1. The summed E-state index contributed by atoms with van der Waals surface area (Å²) in [5, 5.41) is 4.84. The first kappa shape index (κ1) is 6.79. The molecular formula is C7H8N2OS. The molecule has 1 aliphatic rings. The molecular weight excluding hydrogens is 160 g/mol. The van der Waals surface area contributed by atoms with Crippen LogP contribution in [0.3, 0.4) is 0 Å². The molecule has 0 spiro atoms. The third-order valence-corrected chi connectivity index (χ3v) is 2.41. The van der Waals surface area contributed by atoms with E-state index < -0.39 is 0 Å². The minimum atomic E-state index is 0.142. The summed E-state index contributed by atoms with van der Waals surface area (Å²) in [6, 6.07) is 0.175. The Hall–Kier alpha value is -0.900. The van der Waals surface area contributed by atoms with Crippen molar-refractivity contribution in [2.45, 2.75) is 18.9 Å². The molecule has 1 atom stereocenters. The van der Waals surface area contributed by atoms with Gasteiger partial charge in [0, 0.05) is 11.8 Å². The van der Waals surface area contributed by atoms with Gasteiger partial charge in [0.15, 0.2) is 0 Å². The topological polar surface area (TPSA) is 42.0 Å². The summed E-state index contributed by atoms with van der Waals surface area (Å²) in [5.41, 5.74) is 2.79. The van der Waals surface area contributed by atoms with Crippen LogP contribution < -0.4 is 5.32 Å². The van der Waals surface area contributed by atoms with Crippen molar-refractivity contribution in [3.8, 4) is 0 Å². The first-order valence-corrected chi connectivity index (χ1v) is 4.48. The molecule has 1 unspecified atom stereocenters. The van der Waals surface area contributed by atoms with Crippen LogP contribution in [0.5, 0.6) is 0 Å². The number of hydrogen-bond donors (Lipinski definition) is 1. The number of carbonyl (C=O) groups excluding carboxylic acids is 1. The lowest BCUT2D eigenvalue weighted by Gasteiger charge is -2.03. The van der Waals surface area contributed by atoms with Gasteiger partial charge in [-0.3, -0.25) is 4.79 Å². The van der Waals surface area contributed by atoms with Gasteiger partial charge in [-0.05, 0) is 6.42 Å². The molecule has 2 rings (SSSR count). The maximum atomic E-state index is 10.8. The average molecular weight is 168 g/mol. The molecule has 0 radical (unpaired) electrons. The van der Waals surface area contributed by atoms with Crippen molar-refractivity contribution in [3.05, 3.63) is 16.6 Å². The Morgan fingerprint density at radius 3 is 3.18 bits per heavy atom. The van der Waals surface area contributed by atoms with E-state index in [0.717, 1.165) is 12.1 Å². The summed E-state index contributed by atoms with van der Waals surface area (Å²) in [7, 11) is 0. The number of amides is 1.